The van der Waals surface area contributed by atoms with Gasteiger partial charge >= 0.3 is 0 Å². The van der Waals surface area contributed by atoms with E-state index in [-0.39, 0.29) is 5.82 Å². The molecule has 11 heavy (non-hydrogen) atoms. The summed E-state index contributed by atoms with van der Waals surface area (Å²) >= 11 is 0. The van der Waals surface area contributed by atoms with Gasteiger partial charge in [-0.3, -0.25) is 0 Å². The Morgan fingerprint density at radius 2 is 1.91 bits per heavy atom. The lowest BCUT2D eigenvalue weighted by molar-refractivity contribution is 0.615. The number of rotatable bonds is 1. The first-order valence-electron chi connectivity index (χ1n) is 3.61. The first-order chi connectivity index (χ1) is 5.15. The summed E-state index contributed by atoms with van der Waals surface area (Å²) in [7, 11) is 0. The molecule has 0 amide bonds. The summed E-state index contributed by atoms with van der Waals surface area (Å²) in [6, 6.07) is 3.32. The van der Waals surface area contributed by atoms with Crippen LogP contribution in [0.1, 0.15) is 16.7 Å². The quantitative estimate of drug-likeness (QED) is 0.655. The van der Waals surface area contributed by atoms with Crippen molar-refractivity contribution in [3.05, 3.63) is 34.6 Å². The lowest BCUT2D eigenvalue weighted by Gasteiger charge is -2.04. The van der Waals surface area contributed by atoms with Gasteiger partial charge in [-0.2, -0.15) is 0 Å². The summed E-state index contributed by atoms with van der Waals surface area (Å²) < 4.78 is 12.9. The maximum absolute atomic E-state index is 12.9. The van der Waals surface area contributed by atoms with Crippen molar-refractivity contribution in [1.82, 2.24) is 0 Å². The Hall–Kier alpha value is -0.890. The molecule has 1 nitrogen and oxygen atoms in total. The number of aryl methyl sites for hydroxylation is 2. The SMILES string of the molecule is Cc1cc(C)c(CN)cc1F. The normalized spacial score (nSPS) is 10.2. The lowest BCUT2D eigenvalue weighted by Crippen LogP contribution is -2.00. The fourth-order valence-electron chi connectivity index (χ4n) is 1.09. The molecule has 2 heteroatoms. The zero-order chi connectivity index (χ0) is 8.43. The van der Waals surface area contributed by atoms with Crippen molar-refractivity contribution < 1.29 is 4.39 Å². The number of nitrogens with two attached hydrogens (primary N) is 1. The summed E-state index contributed by atoms with van der Waals surface area (Å²) in [5, 5.41) is 0. The molecular formula is C9H12FN. The number of hydrogen-bond acceptors (Lipinski definition) is 1. The first-order valence-corrected chi connectivity index (χ1v) is 3.61. The van der Waals surface area contributed by atoms with Crippen LogP contribution in [0, 0.1) is 19.7 Å². The van der Waals surface area contributed by atoms with Crippen molar-refractivity contribution in [3.63, 3.8) is 0 Å². The molecule has 2 N–H and O–H groups in total. The average molecular weight is 153 g/mol. The largest absolute Gasteiger partial charge is 0.326 e. The highest BCUT2D eigenvalue weighted by molar-refractivity contribution is 5.31. The summed E-state index contributed by atoms with van der Waals surface area (Å²) in [5.41, 5.74) is 8.03. The van der Waals surface area contributed by atoms with E-state index < -0.39 is 0 Å². The Morgan fingerprint density at radius 1 is 1.27 bits per heavy atom. The summed E-state index contributed by atoms with van der Waals surface area (Å²) in [6.45, 7) is 4.10. The molecule has 0 bridgehead atoms. The molecule has 0 radical (unpaired) electrons. The van der Waals surface area contributed by atoms with Gasteiger partial charge in [0.1, 0.15) is 5.82 Å². The van der Waals surface area contributed by atoms with E-state index in [1.807, 2.05) is 13.0 Å². The smallest absolute Gasteiger partial charge is 0.126 e. The van der Waals surface area contributed by atoms with Crippen molar-refractivity contribution in [2.75, 3.05) is 0 Å². The maximum Gasteiger partial charge on any atom is 0.126 e. The Balaban J connectivity index is 3.21. The van der Waals surface area contributed by atoms with Gasteiger partial charge in [0.05, 0.1) is 0 Å². The molecule has 0 aliphatic carbocycles. The Labute approximate surface area is 66.0 Å². The number of benzene rings is 1. The zero-order valence-electron chi connectivity index (χ0n) is 6.82. The molecule has 0 aromatic heterocycles. The predicted molar refractivity (Wildman–Crippen MR) is 43.8 cm³/mol. The van der Waals surface area contributed by atoms with Crippen LogP contribution in [0.4, 0.5) is 4.39 Å². The van der Waals surface area contributed by atoms with Crippen LogP contribution in [0.3, 0.4) is 0 Å². The van der Waals surface area contributed by atoms with Crippen LogP contribution in [0.15, 0.2) is 12.1 Å². The molecule has 0 aliphatic heterocycles. The highest BCUT2D eigenvalue weighted by Crippen LogP contribution is 2.13. The number of hydrogen-bond donors (Lipinski definition) is 1. The molecule has 1 aromatic carbocycles. The fourth-order valence-corrected chi connectivity index (χ4v) is 1.09. The molecule has 60 valence electrons. The average Bonchev–Trinajstić information content (AvgIpc) is 1.97. The second-order valence-corrected chi connectivity index (χ2v) is 2.73. The third-order valence-electron chi connectivity index (χ3n) is 1.84. The minimum Gasteiger partial charge on any atom is -0.326 e. The lowest BCUT2D eigenvalue weighted by atomic mass is 10.1. The minimum absolute atomic E-state index is 0.170. The van der Waals surface area contributed by atoms with Gasteiger partial charge in [-0.05, 0) is 36.6 Å². The summed E-state index contributed by atoms with van der Waals surface area (Å²) in [4.78, 5) is 0. The van der Waals surface area contributed by atoms with Crippen molar-refractivity contribution >= 4 is 0 Å². The van der Waals surface area contributed by atoms with Gasteiger partial charge in [0.2, 0.25) is 0 Å². The van der Waals surface area contributed by atoms with Gasteiger partial charge in [-0.15, -0.1) is 0 Å². The molecule has 1 aromatic rings. The molecule has 0 saturated carbocycles. The summed E-state index contributed by atoms with van der Waals surface area (Å²) in [6.07, 6.45) is 0. The molecule has 0 heterocycles. The van der Waals surface area contributed by atoms with Gasteiger partial charge in [0.15, 0.2) is 0 Å². The van der Waals surface area contributed by atoms with Crippen LogP contribution >= 0.6 is 0 Å². The van der Waals surface area contributed by atoms with E-state index in [0.29, 0.717) is 12.1 Å². The highest BCUT2D eigenvalue weighted by atomic mass is 19.1. The maximum atomic E-state index is 12.9. The van der Waals surface area contributed by atoms with E-state index in [2.05, 4.69) is 0 Å². The standard InChI is InChI=1S/C9H12FN/c1-6-3-7(2)9(10)4-8(6)5-11/h3-4H,5,11H2,1-2H3. The Morgan fingerprint density at radius 3 is 2.45 bits per heavy atom. The first kappa shape index (κ1) is 8.21. The van der Waals surface area contributed by atoms with Crippen LogP contribution in [-0.4, -0.2) is 0 Å². The molecule has 0 saturated heterocycles. The van der Waals surface area contributed by atoms with Crippen LogP contribution in [0.2, 0.25) is 0 Å². The Bertz CT molecular complexity index is 269. The Kier molecular flexibility index (Phi) is 2.25. The van der Waals surface area contributed by atoms with Crippen molar-refractivity contribution in [2.45, 2.75) is 20.4 Å². The van der Waals surface area contributed by atoms with Gasteiger partial charge in [-0.1, -0.05) is 6.07 Å². The van der Waals surface area contributed by atoms with E-state index >= 15 is 0 Å². The minimum atomic E-state index is -0.170. The fraction of sp³-hybridized carbons (Fsp3) is 0.333. The predicted octanol–water partition coefficient (Wildman–Crippen LogP) is 1.90. The molecule has 0 atom stereocenters. The molecule has 0 spiro atoms. The van der Waals surface area contributed by atoms with Crippen LogP contribution in [-0.2, 0) is 6.54 Å². The number of halogens is 1. The zero-order valence-corrected chi connectivity index (χ0v) is 6.82. The van der Waals surface area contributed by atoms with E-state index in [4.69, 9.17) is 5.73 Å². The molecular weight excluding hydrogens is 141 g/mol. The topological polar surface area (TPSA) is 26.0 Å². The monoisotopic (exact) mass is 153 g/mol. The third kappa shape index (κ3) is 1.57. The third-order valence-corrected chi connectivity index (χ3v) is 1.84. The molecule has 0 aliphatic rings. The van der Waals surface area contributed by atoms with Crippen molar-refractivity contribution in [1.29, 1.82) is 0 Å². The van der Waals surface area contributed by atoms with Crippen molar-refractivity contribution in [3.8, 4) is 0 Å². The van der Waals surface area contributed by atoms with Gasteiger partial charge in [-0.25, -0.2) is 4.39 Å². The van der Waals surface area contributed by atoms with Crippen molar-refractivity contribution in [2.24, 2.45) is 5.73 Å². The van der Waals surface area contributed by atoms with Crippen LogP contribution < -0.4 is 5.73 Å². The van der Waals surface area contributed by atoms with E-state index in [1.54, 1.807) is 6.92 Å². The molecule has 0 fully saturated rings. The van der Waals surface area contributed by atoms with Crippen LogP contribution in [0.25, 0.3) is 0 Å². The van der Waals surface area contributed by atoms with E-state index in [1.165, 1.54) is 6.07 Å². The summed E-state index contributed by atoms with van der Waals surface area (Å²) in [5.74, 6) is -0.170. The second kappa shape index (κ2) is 3.01. The second-order valence-electron chi connectivity index (χ2n) is 2.73. The highest BCUT2D eigenvalue weighted by Gasteiger charge is 2.01. The van der Waals surface area contributed by atoms with Gasteiger partial charge < -0.3 is 5.73 Å². The molecule has 1 rings (SSSR count). The van der Waals surface area contributed by atoms with Gasteiger partial charge in [0, 0.05) is 6.54 Å². The van der Waals surface area contributed by atoms with Crippen LogP contribution in [0.5, 0.6) is 0 Å². The molecule has 0 unspecified atom stereocenters. The van der Waals surface area contributed by atoms with E-state index in [0.717, 1.165) is 11.1 Å². The van der Waals surface area contributed by atoms with E-state index in [9.17, 15) is 4.39 Å². The van der Waals surface area contributed by atoms with Gasteiger partial charge in [0.25, 0.3) is 0 Å².